The molecule has 4 amide bonds. The Balaban J connectivity index is 0.830. The Bertz CT molecular complexity index is 2490. The molecule has 1 unspecified atom stereocenters. The van der Waals surface area contributed by atoms with E-state index in [2.05, 4.69) is 50.7 Å². The molecule has 1 spiro atoms. The second-order valence-corrected chi connectivity index (χ2v) is 16.7. The van der Waals surface area contributed by atoms with Crippen molar-refractivity contribution in [2.45, 2.75) is 71.0 Å². The Hall–Kier alpha value is -6.21. The molecule has 0 radical (unpaired) electrons. The summed E-state index contributed by atoms with van der Waals surface area (Å²) in [5, 5.41) is 30.5. The van der Waals surface area contributed by atoms with Gasteiger partial charge in [-0.15, -0.1) is 10.2 Å². The minimum absolute atomic E-state index is 0.0830. The summed E-state index contributed by atoms with van der Waals surface area (Å²) in [4.78, 5) is 61.7. The smallest absolute Gasteiger partial charge is 0.255 e. The van der Waals surface area contributed by atoms with E-state index in [0.29, 0.717) is 36.2 Å². The van der Waals surface area contributed by atoms with Crippen LogP contribution in [-0.4, -0.2) is 96.5 Å². The molecular formula is C41H41N11O4S. The Labute approximate surface area is 332 Å². The zero-order chi connectivity index (χ0) is 39.4. The van der Waals surface area contributed by atoms with E-state index < -0.39 is 11.9 Å². The van der Waals surface area contributed by atoms with Crippen molar-refractivity contribution in [3.05, 3.63) is 77.1 Å². The summed E-state index contributed by atoms with van der Waals surface area (Å²) in [7, 11) is 0. The third-order valence-electron chi connectivity index (χ3n) is 11.9. The highest BCUT2D eigenvalue weighted by Gasteiger charge is 2.41. The van der Waals surface area contributed by atoms with Crippen LogP contribution in [0.15, 0.2) is 54.9 Å². The maximum Gasteiger partial charge on any atom is 0.255 e. The lowest BCUT2D eigenvalue weighted by molar-refractivity contribution is -0.136. The molecule has 16 heteroatoms. The van der Waals surface area contributed by atoms with Gasteiger partial charge in [-0.25, -0.2) is 4.52 Å². The molecule has 4 aliphatic rings. The van der Waals surface area contributed by atoms with Crippen molar-refractivity contribution < 1.29 is 19.2 Å². The largest absolute Gasteiger partial charge is 0.382 e. The highest BCUT2D eigenvalue weighted by atomic mass is 32.1. The monoisotopic (exact) mass is 783 g/mol. The molecule has 0 saturated carbocycles. The van der Waals surface area contributed by atoms with Gasteiger partial charge in [0.2, 0.25) is 16.9 Å². The number of carbonyl (C=O) groups is 4. The topological polar surface area (TPSA) is 182 Å². The van der Waals surface area contributed by atoms with Gasteiger partial charge < -0.3 is 20.0 Å². The fourth-order valence-electron chi connectivity index (χ4n) is 8.63. The van der Waals surface area contributed by atoms with E-state index in [1.54, 1.807) is 40.2 Å². The molecule has 9 rings (SSSR count). The van der Waals surface area contributed by atoms with Crippen LogP contribution in [0.1, 0.15) is 84.2 Å². The van der Waals surface area contributed by atoms with Crippen molar-refractivity contribution in [3.8, 4) is 28.0 Å². The summed E-state index contributed by atoms with van der Waals surface area (Å²) in [5.41, 5.74) is 6.54. The van der Waals surface area contributed by atoms with Crippen LogP contribution in [0.4, 0.5) is 10.8 Å². The molecule has 3 fully saturated rings. The number of piperidine rings is 3. The SMILES string of the molecule is CC(C)Nc1cc(-c2ccc3cc(C#N)cnn23)ncc1-c1nnc(N2CCC3(CCN(C(=O)c4ccc5c(c4)C(=O)N(C4CCC(=O)NC4=O)C5)CC3)CC2)s1. The molecule has 4 aromatic heterocycles. The average Bonchev–Trinajstić information content (AvgIpc) is 3.95. The predicted octanol–water partition coefficient (Wildman–Crippen LogP) is 4.89. The first-order chi connectivity index (χ1) is 27.6. The number of pyridine rings is 1. The number of nitrogens with zero attached hydrogens (tertiary/aromatic N) is 9. The van der Waals surface area contributed by atoms with E-state index in [4.69, 9.17) is 4.98 Å². The summed E-state index contributed by atoms with van der Waals surface area (Å²) in [6, 6.07) is 14.6. The molecular weight excluding hydrogens is 743 g/mol. The highest BCUT2D eigenvalue weighted by molar-refractivity contribution is 7.18. The molecule has 4 aliphatic heterocycles. The van der Waals surface area contributed by atoms with Crippen LogP contribution in [0.5, 0.6) is 0 Å². The van der Waals surface area contributed by atoms with Gasteiger partial charge in [0.05, 0.1) is 34.2 Å². The number of aromatic nitrogens is 5. The number of anilines is 2. The Morgan fingerprint density at radius 2 is 1.77 bits per heavy atom. The number of amides is 4. The first-order valence-electron chi connectivity index (χ1n) is 19.4. The summed E-state index contributed by atoms with van der Waals surface area (Å²) in [6.45, 7) is 7.48. The van der Waals surface area contributed by atoms with Crippen LogP contribution >= 0.6 is 11.3 Å². The number of fused-ring (bicyclic) bond motifs is 2. The number of benzene rings is 1. The van der Waals surface area contributed by atoms with Gasteiger partial charge in [-0.3, -0.25) is 29.5 Å². The quantitative estimate of drug-likeness (QED) is 0.215. The van der Waals surface area contributed by atoms with E-state index in [1.165, 1.54) is 4.90 Å². The second-order valence-electron chi connectivity index (χ2n) is 15.8. The Morgan fingerprint density at radius 3 is 2.53 bits per heavy atom. The van der Waals surface area contributed by atoms with Gasteiger partial charge in [-0.1, -0.05) is 17.4 Å². The fourth-order valence-corrected chi connectivity index (χ4v) is 9.55. The number of nitrogens with one attached hydrogen (secondary N) is 2. The zero-order valence-corrected chi connectivity index (χ0v) is 32.5. The summed E-state index contributed by atoms with van der Waals surface area (Å²) in [5.74, 6) is -1.13. The average molecular weight is 784 g/mol. The van der Waals surface area contributed by atoms with Crippen molar-refractivity contribution in [1.29, 1.82) is 5.26 Å². The van der Waals surface area contributed by atoms with E-state index in [1.807, 2.05) is 35.4 Å². The predicted molar refractivity (Wildman–Crippen MR) is 212 cm³/mol. The van der Waals surface area contributed by atoms with Gasteiger partial charge in [0, 0.05) is 68.2 Å². The van der Waals surface area contributed by atoms with Gasteiger partial charge in [-0.2, -0.15) is 10.4 Å². The number of hydrogen-bond donors (Lipinski definition) is 2. The van der Waals surface area contributed by atoms with Crippen molar-refractivity contribution in [2.75, 3.05) is 36.4 Å². The summed E-state index contributed by atoms with van der Waals surface area (Å²) < 4.78 is 1.79. The Morgan fingerprint density at radius 1 is 0.982 bits per heavy atom. The molecule has 1 atom stereocenters. The molecule has 8 heterocycles. The van der Waals surface area contributed by atoms with Crippen LogP contribution in [0.25, 0.3) is 27.5 Å². The number of carbonyl (C=O) groups excluding carboxylic acids is 4. The van der Waals surface area contributed by atoms with Crippen molar-refractivity contribution in [3.63, 3.8) is 0 Å². The molecule has 1 aromatic carbocycles. The molecule has 2 N–H and O–H groups in total. The highest BCUT2D eigenvalue weighted by Crippen LogP contribution is 2.44. The van der Waals surface area contributed by atoms with Crippen LogP contribution in [0.2, 0.25) is 0 Å². The summed E-state index contributed by atoms with van der Waals surface area (Å²) >= 11 is 1.56. The molecule has 57 heavy (non-hydrogen) atoms. The minimum atomic E-state index is -0.687. The standard InChI is InChI=1S/C41H41N11O4S/c1-24(2)45-31-19-32(33-6-5-28-17-25(20-42)21-44-52(28)33)43-22-30(31)37-47-48-40(57-37)50-15-11-41(12-16-50)9-13-49(14-10-41)38(55)26-3-4-27-23-51(39(56)29(27)18-26)34-7-8-35(53)46-36(34)54/h3-6,17-19,21-22,24,34H,7-16,23H2,1-2H3,(H,43,45)(H,46,53,54). The number of likely N-dealkylation sites (tertiary alicyclic amines) is 1. The van der Waals surface area contributed by atoms with E-state index in [-0.39, 0.29) is 42.1 Å². The van der Waals surface area contributed by atoms with Crippen molar-refractivity contribution in [2.24, 2.45) is 5.41 Å². The maximum atomic E-state index is 13.7. The van der Waals surface area contributed by atoms with E-state index >= 15 is 0 Å². The Kier molecular flexibility index (Phi) is 9.19. The van der Waals surface area contributed by atoms with E-state index in [9.17, 15) is 24.4 Å². The van der Waals surface area contributed by atoms with Crippen LogP contribution in [0, 0.1) is 16.7 Å². The molecule has 0 bridgehead atoms. The third kappa shape index (κ3) is 6.75. The van der Waals surface area contributed by atoms with Crippen LogP contribution in [-0.2, 0) is 16.1 Å². The van der Waals surface area contributed by atoms with E-state index in [0.717, 1.165) is 82.6 Å². The lowest BCUT2D eigenvalue weighted by Gasteiger charge is -2.46. The van der Waals surface area contributed by atoms with Gasteiger partial charge in [0.25, 0.3) is 11.8 Å². The van der Waals surface area contributed by atoms with Crippen molar-refractivity contribution >= 4 is 51.3 Å². The molecule has 290 valence electrons. The third-order valence-corrected chi connectivity index (χ3v) is 12.9. The maximum absolute atomic E-state index is 13.7. The normalized spacial score (nSPS) is 19.3. The van der Waals surface area contributed by atoms with Crippen molar-refractivity contribution in [1.82, 2.24) is 39.9 Å². The molecule has 15 nitrogen and oxygen atoms in total. The fraction of sp³-hybridized carbons (Fsp3) is 0.390. The number of rotatable bonds is 7. The number of imide groups is 1. The second kappa shape index (κ2) is 14.4. The molecule has 5 aromatic rings. The number of nitriles is 1. The zero-order valence-electron chi connectivity index (χ0n) is 31.7. The van der Waals surface area contributed by atoms with Gasteiger partial charge in [0.15, 0.2) is 5.01 Å². The van der Waals surface area contributed by atoms with Gasteiger partial charge in [0.1, 0.15) is 12.1 Å². The minimum Gasteiger partial charge on any atom is -0.382 e. The van der Waals surface area contributed by atoms with Gasteiger partial charge >= 0.3 is 0 Å². The molecule has 3 saturated heterocycles. The first-order valence-corrected chi connectivity index (χ1v) is 20.2. The molecule has 0 aliphatic carbocycles. The van der Waals surface area contributed by atoms with Crippen LogP contribution < -0.4 is 15.5 Å². The summed E-state index contributed by atoms with van der Waals surface area (Å²) in [6.07, 6.45) is 7.71. The number of hydrogen-bond acceptors (Lipinski definition) is 12. The van der Waals surface area contributed by atoms with Crippen LogP contribution in [0.3, 0.4) is 0 Å². The van der Waals surface area contributed by atoms with Gasteiger partial charge in [-0.05, 0) is 93.3 Å². The lowest BCUT2D eigenvalue weighted by Crippen LogP contribution is -2.52. The lowest BCUT2D eigenvalue weighted by atomic mass is 9.71. The first kappa shape index (κ1) is 36.4.